The number of rotatable bonds is 16. The van der Waals surface area contributed by atoms with E-state index in [-0.39, 0.29) is 5.76 Å². The maximum atomic E-state index is 11.5. The molecule has 0 aromatic carbocycles. The monoisotopic (exact) mass is 364 g/mol. The van der Waals surface area contributed by atoms with Gasteiger partial charge < -0.3 is 9.84 Å². The third-order valence-corrected chi connectivity index (χ3v) is 5.23. The fourth-order valence-corrected chi connectivity index (χ4v) is 3.49. The second-order valence-electron chi connectivity index (χ2n) is 7.66. The molecule has 1 fully saturated rings. The van der Waals surface area contributed by atoms with Crippen LogP contribution in [0.25, 0.3) is 0 Å². The predicted molar refractivity (Wildman–Crippen MR) is 109 cm³/mol. The highest BCUT2D eigenvalue weighted by molar-refractivity contribution is 5.93. The summed E-state index contributed by atoms with van der Waals surface area (Å²) < 4.78 is 4.81. The molecule has 0 radical (unpaired) electrons. The lowest BCUT2D eigenvalue weighted by Crippen LogP contribution is -2.07. The van der Waals surface area contributed by atoms with Crippen LogP contribution in [0.2, 0.25) is 0 Å². The van der Waals surface area contributed by atoms with Crippen molar-refractivity contribution in [2.45, 2.75) is 116 Å². The minimum absolute atomic E-state index is 0.151. The van der Waals surface area contributed by atoms with Crippen LogP contribution in [0.1, 0.15) is 110 Å². The van der Waals surface area contributed by atoms with Crippen LogP contribution in [0.4, 0.5) is 0 Å². The molecule has 0 amide bonds. The highest BCUT2D eigenvalue weighted by atomic mass is 16.6. The van der Waals surface area contributed by atoms with Gasteiger partial charge in [0.15, 0.2) is 0 Å². The first-order valence-electron chi connectivity index (χ1n) is 11.0. The molecule has 1 rings (SSSR count). The number of aliphatic hydroxyl groups is 1. The van der Waals surface area contributed by atoms with Crippen LogP contribution in [0.15, 0.2) is 24.0 Å². The van der Waals surface area contributed by atoms with Crippen LogP contribution in [0.5, 0.6) is 0 Å². The average molecular weight is 365 g/mol. The van der Waals surface area contributed by atoms with Crippen molar-refractivity contribution in [3.63, 3.8) is 0 Å². The highest BCUT2D eigenvalue weighted by Crippen LogP contribution is 2.23. The molecule has 1 aliphatic heterocycles. The molecule has 0 saturated carbocycles. The largest absolute Gasteiger partial charge is 0.425 e. The smallest absolute Gasteiger partial charge is 0.341 e. The lowest BCUT2D eigenvalue weighted by Gasteiger charge is -2.03. The summed E-state index contributed by atoms with van der Waals surface area (Å²) in [6, 6.07) is 0. The fourth-order valence-electron chi connectivity index (χ4n) is 3.49. The van der Waals surface area contributed by atoms with E-state index in [0.29, 0.717) is 5.57 Å². The second kappa shape index (κ2) is 15.0. The summed E-state index contributed by atoms with van der Waals surface area (Å²) in [5.74, 6) is -0.291. The zero-order valence-electron chi connectivity index (χ0n) is 16.9. The van der Waals surface area contributed by atoms with Crippen molar-refractivity contribution in [1.29, 1.82) is 0 Å². The molecular formula is C23H40O3. The number of unbranched alkanes of at least 4 members (excludes halogenated alkanes) is 15. The van der Waals surface area contributed by atoms with E-state index in [4.69, 9.17) is 4.74 Å². The minimum atomic E-state index is -0.932. The molecule has 1 heterocycles. The van der Waals surface area contributed by atoms with Crippen LogP contribution in [-0.4, -0.2) is 17.2 Å². The van der Waals surface area contributed by atoms with Crippen molar-refractivity contribution >= 4 is 5.97 Å². The summed E-state index contributed by atoms with van der Waals surface area (Å²) in [6.07, 6.45) is 21.9. The summed E-state index contributed by atoms with van der Waals surface area (Å²) in [7, 11) is 0. The molecule has 0 unspecified atom stereocenters. The van der Waals surface area contributed by atoms with Crippen LogP contribution >= 0.6 is 0 Å². The van der Waals surface area contributed by atoms with E-state index in [1.54, 1.807) is 0 Å². The molecule has 0 aromatic heterocycles. The number of allylic oxidation sites excluding steroid dienone is 1. The normalized spacial score (nSPS) is 18.7. The Balaban J connectivity index is 1.83. The topological polar surface area (TPSA) is 46.5 Å². The minimum Gasteiger partial charge on any atom is -0.425 e. The SMILES string of the molecule is C=C1OC(=O)/C(=C/CCCCCCCCCCCCCCCCC)[C@@H]1O. The Bertz CT molecular complexity index is 425. The van der Waals surface area contributed by atoms with Crippen LogP contribution < -0.4 is 0 Å². The van der Waals surface area contributed by atoms with Gasteiger partial charge in [-0.05, 0) is 12.8 Å². The Hall–Kier alpha value is -1.09. The summed E-state index contributed by atoms with van der Waals surface area (Å²) in [5, 5.41) is 9.74. The summed E-state index contributed by atoms with van der Waals surface area (Å²) >= 11 is 0. The van der Waals surface area contributed by atoms with Gasteiger partial charge in [-0.25, -0.2) is 4.79 Å². The van der Waals surface area contributed by atoms with Gasteiger partial charge in [-0.1, -0.05) is 109 Å². The summed E-state index contributed by atoms with van der Waals surface area (Å²) in [5.41, 5.74) is 0.361. The molecule has 150 valence electrons. The molecule has 0 aliphatic carbocycles. The molecule has 26 heavy (non-hydrogen) atoms. The van der Waals surface area contributed by atoms with Gasteiger partial charge in [0.1, 0.15) is 11.9 Å². The van der Waals surface area contributed by atoms with E-state index in [1.807, 2.05) is 6.08 Å². The van der Waals surface area contributed by atoms with Crippen molar-refractivity contribution < 1.29 is 14.6 Å². The number of esters is 1. The van der Waals surface area contributed by atoms with Gasteiger partial charge in [-0.2, -0.15) is 0 Å². The first kappa shape index (κ1) is 23.0. The van der Waals surface area contributed by atoms with Gasteiger partial charge in [0.05, 0.1) is 5.57 Å². The summed E-state index contributed by atoms with van der Waals surface area (Å²) in [6.45, 7) is 5.80. The predicted octanol–water partition coefficient (Wildman–Crippen LogP) is 6.61. The summed E-state index contributed by atoms with van der Waals surface area (Å²) in [4.78, 5) is 11.5. The Morgan fingerprint density at radius 1 is 0.846 bits per heavy atom. The van der Waals surface area contributed by atoms with Gasteiger partial charge >= 0.3 is 5.97 Å². The third-order valence-electron chi connectivity index (χ3n) is 5.23. The van der Waals surface area contributed by atoms with Gasteiger partial charge in [0.25, 0.3) is 0 Å². The number of hydrogen-bond donors (Lipinski definition) is 1. The maximum absolute atomic E-state index is 11.5. The van der Waals surface area contributed by atoms with Crippen LogP contribution in [-0.2, 0) is 9.53 Å². The van der Waals surface area contributed by atoms with E-state index in [9.17, 15) is 9.90 Å². The van der Waals surface area contributed by atoms with Crippen molar-refractivity contribution in [2.24, 2.45) is 0 Å². The number of carbonyl (C=O) groups is 1. The van der Waals surface area contributed by atoms with E-state index >= 15 is 0 Å². The fraction of sp³-hybridized carbons (Fsp3) is 0.783. The van der Waals surface area contributed by atoms with Crippen molar-refractivity contribution in [3.8, 4) is 0 Å². The van der Waals surface area contributed by atoms with Gasteiger partial charge in [-0.3, -0.25) is 0 Å². The lowest BCUT2D eigenvalue weighted by molar-refractivity contribution is -0.132. The second-order valence-corrected chi connectivity index (χ2v) is 7.66. The van der Waals surface area contributed by atoms with Crippen LogP contribution in [0.3, 0.4) is 0 Å². The zero-order chi connectivity index (χ0) is 19.0. The Kier molecular flexibility index (Phi) is 13.3. The highest BCUT2D eigenvalue weighted by Gasteiger charge is 2.32. The Labute approximate surface area is 160 Å². The first-order valence-corrected chi connectivity index (χ1v) is 11.0. The molecule has 1 aliphatic rings. The van der Waals surface area contributed by atoms with Gasteiger partial charge in [0, 0.05) is 0 Å². The Morgan fingerprint density at radius 2 is 1.27 bits per heavy atom. The van der Waals surface area contributed by atoms with Crippen molar-refractivity contribution in [3.05, 3.63) is 24.0 Å². The number of hydrogen-bond acceptors (Lipinski definition) is 3. The van der Waals surface area contributed by atoms with E-state index in [0.717, 1.165) is 12.8 Å². The van der Waals surface area contributed by atoms with E-state index in [1.165, 1.54) is 89.9 Å². The lowest BCUT2D eigenvalue weighted by atomic mass is 10.0. The molecule has 0 bridgehead atoms. The van der Waals surface area contributed by atoms with Gasteiger partial charge in [0.2, 0.25) is 0 Å². The molecular weight excluding hydrogens is 324 g/mol. The quantitative estimate of drug-likeness (QED) is 0.190. The molecule has 0 aromatic rings. The van der Waals surface area contributed by atoms with Crippen molar-refractivity contribution in [2.75, 3.05) is 0 Å². The van der Waals surface area contributed by atoms with Crippen LogP contribution in [0, 0.1) is 0 Å². The van der Waals surface area contributed by atoms with Gasteiger partial charge in [-0.15, -0.1) is 0 Å². The molecule has 0 spiro atoms. The zero-order valence-corrected chi connectivity index (χ0v) is 16.9. The Morgan fingerprint density at radius 3 is 1.65 bits per heavy atom. The van der Waals surface area contributed by atoms with E-state index in [2.05, 4.69) is 13.5 Å². The molecule has 1 saturated heterocycles. The third kappa shape index (κ3) is 10.2. The molecule has 3 heteroatoms. The molecule has 1 N–H and O–H groups in total. The standard InChI is InChI=1S/C23H40O3/c1-3-4-5-6-7-8-9-10-11-12-13-14-15-16-17-18-19-21-22(24)20(2)26-23(21)25/h19,22,24H,2-18H2,1H3/b21-19+/t22-/m1/s1. The number of aliphatic hydroxyl groups excluding tert-OH is 1. The maximum Gasteiger partial charge on any atom is 0.341 e. The van der Waals surface area contributed by atoms with E-state index < -0.39 is 12.1 Å². The number of cyclic esters (lactones) is 1. The molecule has 1 atom stereocenters. The first-order chi connectivity index (χ1) is 12.7. The molecule has 3 nitrogen and oxygen atoms in total. The average Bonchev–Trinajstić information content (AvgIpc) is 2.87. The number of ether oxygens (including phenoxy) is 1. The van der Waals surface area contributed by atoms with Crippen molar-refractivity contribution in [1.82, 2.24) is 0 Å². The number of carbonyl (C=O) groups excluding carboxylic acids is 1.